The molecule has 2 nitrogen and oxygen atoms in total. The van der Waals surface area contributed by atoms with E-state index in [1.54, 1.807) is 6.07 Å². The van der Waals surface area contributed by atoms with Crippen molar-refractivity contribution >= 4 is 32.4 Å². The lowest BCUT2D eigenvalue weighted by atomic mass is 10.1. The molecule has 0 radical (unpaired) electrons. The van der Waals surface area contributed by atoms with Gasteiger partial charge in [-0.15, -0.1) is 0 Å². The van der Waals surface area contributed by atoms with E-state index < -0.39 is 11.7 Å². The second-order valence-electron chi connectivity index (χ2n) is 4.95. The summed E-state index contributed by atoms with van der Waals surface area (Å²) in [4.78, 5) is 0. The van der Waals surface area contributed by atoms with Gasteiger partial charge in [0.2, 0.25) is 0 Å². The summed E-state index contributed by atoms with van der Waals surface area (Å²) in [6.45, 7) is 0. The summed E-state index contributed by atoms with van der Waals surface area (Å²) in [6, 6.07) is 14.7. The Morgan fingerprint density at radius 2 is 1.70 bits per heavy atom. The molecule has 6 heteroatoms. The minimum Gasteiger partial charge on any atom is -0.456 e. The molecule has 0 amide bonds. The Morgan fingerprint density at radius 1 is 0.957 bits per heavy atom. The number of hydrogen-bond donors (Lipinski definition) is 1. The number of halogens is 4. The van der Waals surface area contributed by atoms with Crippen LogP contribution in [0.4, 0.5) is 18.9 Å². The van der Waals surface area contributed by atoms with E-state index in [0.29, 0.717) is 10.2 Å². The summed E-state index contributed by atoms with van der Waals surface area (Å²) in [5.74, 6) is 0.504. The third-order valence-electron chi connectivity index (χ3n) is 3.39. The van der Waals surface area contributed by atoms with E-state index >= 15 is 0 Å². The molecular formula is C17H11BrF3NO. The number of benzene rings is 3. The smallest absolute Gasteiger partial charge is 0.418 e. The van der Waals surface area contributed by atoms with Gasteiger partial charge in [0, 0.05) is 5.69 Å². The van der Waals surface area contributed by atoms with E-state index in [0.717, 1.165) is 16.8 Å². The van der Waals surface area contributed by atoms with Gasteiger partial charge in [0.1, 0.15) is 11.5 Å². The van der Waals surface area contributed by atoms with Gasteiger partial charge in [-0.2, -0.15) is 13.2 Å². The molecule has 2 N–H and O–H groups in total. The normalized spacial score (nSPS) is 11.7. The molecule has 0 aliphatic rings. The Labute approximate surface area is 138 Å². The molecule has 0 aromatic heterocycles. The van der Waals surface area contributed by atoms with Crippen LogP contribution in [0.2, 0.25) is 0 Å². The van der Waals surface area contributed by atoms with E-state index in [9.17, 15) is 13.2 Å². The van der Waals surface area contributed by atoms with Crippen molar-refractivity contribution in [2.24, 2.45) is 0 Å². The van der Waals surface area contributed by atoms with E-state index in [-0.39, 0.29) is 11.4 Å². The molecule has 3 rings (SSSR count). The number of alkyl halides is 3. The fourth-order valence-corrected chi connectivity index (χ4v) is 2.84. The zero-order valence-corrected chi connectivity index (χ0v) is 13.3. The lowest BCUT2D eigenvalue weighted by Crippen LogP contribution is -2.08. The van der Waals surface area contributed by atoms with Crippen molar-refractivity contribution in [3.8, 4) is 11.5 Å². The molecule has 0 aliphatic carbocycles. The quantitative estimate of drug-likeness (QED) is 0.552. The Bertz CT molecular complexity index is 877. The summed E-state index contributed by atoms with van der Waals surface area (Å²) >= 11 is 3.44. The van der Waals surface area contributed by atoms with Crippen molar-refractivity contribution in [3.05, 3.63) is 64.6 Å². The van der Waals surface area contributed by atoms with Gasteiger partial charge in [-0.25, -0.2) is 0 Å². The van der Waals surface area contributed by atoms with E-state index in [1.165, 1.54) is 12.1 Å². The van der Waals surface area contributed by atoms with Crippen molar-refractivity contribution in [1.82, 2.24) is 0 Å². The fraction of sp³-hybridized carbons (Fsp3) is 0.0588. The highest BCUT2D eigenvalue weighted by Gasteiger charge is 2.33. The third kappa shape index (κ3) is 3.12. The van der Waals surface area contributed by atoms with Gasteiger partial charge in [-0.05, 0) is 51.0 Å². The number of nitrogens with two attached hydrogens (primary N) is 1. The van der Waals surface area contributed by atoms with Crippen LogP contribution < -0.4 is 10.5 Å². The Morgan fingerprint density at radius 3 is 2.43 bits per heavy atom. The molecule has 0 fully saturated rings. The Hall–Kier alpha value is -2.21. The molecule has 3 aromatic rings. The lowest BCUT2D eigenvalue weighted by Gasteiger charge is -2.14. The largest absolute Gasteiger partial charge is 0.456 e. The average molecular weight is 382 g/mol. The molecule has 0 bridgehead atoms. The minimum atomic E-state index is -4.52. The third-order valence-corrected chi connectivity index (χ3v) is 4.20. The van der Waals surface area contributed by atoms with Crippen LogP contribution in [0, 0.1) is 0 Å². The highest BCUT2D eigenvalue weighted by Crippen LogP contribution is 2.39. The fourth-order valence-electron chi connectivity index (χ4n) is 2.26. The summed E-state index contributed by atoms with van der Waals surface area (Å²) < 4.78 is 45.0. The van der Waals surface area contributed by atoms with Crippen LogP contribution >= 0.6 is 15.9 Å². The van der Waals surface area contributed by atoms with Crippen molar-refractivity contribution in [2.75, 3.05) is 5.73 Å². The number of hydrogen-bond acceptors (Lipinski definition) is 2. The molecule has 3 aromatic carbocycles. The second-order valence-corrected chi connectivity index (χ2v) is 5.74. The van der Waals surface area contributed by atoms with Crippen LogP contribution in [-0.2, 0) is 6.18 Å². The number of nitrogen functional groups attached to an aromatic ring is 1. The van der Waals surface area contributed by atoms with Crippen LogP contribution in [0.15, 0.2) is 59.1 Å². The molecule has 0 atom stereocenters. The summed E-state index contributed by atoms with van der Waals surface area (Å²) in [5, 5.41) is 1.91. The molecular weight excluding hydrogens is 371 g/mol. The van der Waals surface area contributed by atoms with Crippen molar-refractivity contribution in [2.45, 2.75) is 6.18 Å². The van der Waals surface area contributed by atoms with Gasteiger partial charge < -0.3 is 10.5 Å². The SMILES string of the molecule is Nc1ccc(Oc2ccc3ccccc3c2Br)cc1C(F)(F)F. The van der Waals surface area contributed by atoms with Gasteiger partial charge in [-0.3, -0.25) is 0 Å². The first-order chi connectivity index (χ1) is 10.9. The van der Waals surface area contributed by atoms with Gasteiger partial charge in [0.25, 0.3) is 0 Å². The van der Waals surface area contributed by atoms with Crippen molar-refractivity contribution < 1.29 is 17.9 Å². The molecule has 0 aliphatic heterocycles. The first kappa shape index (κ1) is 15.7. The number of rotatable bonds is 2. The zero-order chi connectivity index (χ0) is 16.6. The summed E-state index contributed by atoms with van der Waals surface area (Å²) in [6.07, 6.45) is -4.52. The van der Waals surface area contributed by atoms with Crippen LogP contribution in [0.25, 0.3) is 10.8 Å². The molecule has 0 unspecified atom stereocenters. The summed E-state index contributed by atoms with van der Waals surface area (Å²) in [7, 11) is 0. The van der Waals surface area contributed by atoms with Gasteiger partial charge in [0.15, 0.2) is 0 Å². The maximum atomic E-state index is 12.9. The van der Waals surface area contributed by atoms with E-state index in [1.807, 2.05) is 30.3 Å². The number of anilines is 1. The average Bonchev–Trinajstić information content (AvgIpc) is 2.51. The van der Waals surface area contributed by atoms with Crippen LogP contribution in [-0.4, -0.2) is 0 Å². The van der Waals surface area contributed by atoms with Crippen molar-refractivity contribution in [1.29, 1.82) is 0 Å². The predicted octanol–water partition coefficient (Wildman–Crippen LogP) is 6.00. The van der Waals surface area contributed by atoms with Crippen molar-refractivity contribution in [3.63, 3.8) is 0 Å². The minimum absolute atomic E-state index is 0.0718. The topological polar surface area (TPSA) is 35.2 Å². The van der Waals surface area contributed by atoms with Gasteiger partial charge in [-0.1, -0.05) is 30.3 Å². The maximum Gasteiger partial charge on any atom is 0.418 e. The standard InChI is InChI=1S/C17H11BrF3NO/c18-16-12-4-2-1-3-10(12)5-8-15(16)23-11-6-7-14(22)13(9-11)17(19,20)21/h1-9H,22H2. The molecule has 0 saturated carbocycles. The first-order valence-electron chi connectivity index (χ1n) is 6.68. The zero-order valence-electron chi connectivity index (χ0n) is 11.7. The number of ether oxygens (including phenoxy) is 1. The Balaban J connectivity index is 2.01. The van der Waals surface area contributed by atoms with Crippen LogP contribution in [0.1, 0.15) is 5.56 Å². The maximum absolute atomic E-state index is 12.9. The van der Waals surface area contributed by atoms with Gasteiger partial charge >= 0.3 is 6.18 Å². The lowest BCUT2D eigenvalue weighted by molar-refractivity contribution is -0.137. The highest BCUT2D eigenvalue weighted by atomic mass is 79.9. The second kappa shape index (κ2) is 5.77. The molecule has 23 heavy (non-hydrogen) atoms. The first-order valence-corrected chi connectivity index (χ1v) is 7.47. The highest BCUT2D eigenvalue weighted by molar-refractivity contribution is 9.10. The molecule has 0 saturated heterocycles. The Kier molecular flexibility index (Phi) is 3.93. The molecule has 118 valence electrons. The predicted molar refractivity (Wildman–Crippen MR) is 87.6 cm³/mol. The van der Waals surface area contributed by atoms with Crippen LogP contribution in [0.5, 0.6) is 11.5 Å². The summed E-state index contributed by atoms with van der Waals surface area (Å²) in [5.41, 5.74) is 4.15. The molecule has 0 heterocycles. The van der Waals surface area contributed by atoms with Crippen LogP contribution in [0.3, 0.4) is 0 Å². The van der Waals surface area contributed by atoms with E-state index in [2.05, 4.69) is 15.9 Å². The monoisotopic (exact) mass is 381 g/mol. The van der Waals surface area contributed by atoms with Gasteiger partial charge in [0.05, 0.1) is 10.0 Å². The number of fused-ring (bicyclic) bond motifs is 1. The molecule has 0 spiro atoms. The van der Waals surface area contributed by atoms with E-state index in [4.69, 9.17) is 10.5 Å².